The highest BCUT2D eigenvalue weighted by molar-refractivity contribution is 5.84. The highest BCUT2D eigenvalue weighted by atomic mass is 16.5. The van der Waals surface area contributed by atoms with Gasteiger partial charge in [-0.2, -0.15) is 5.10 Å². The number of anilines is 1. The van der Waals surface area contributed by atoms with Crippen molar-refractivity contribution in [2.75, 3.05) is 31.6 Å². The molecule has 0 aliphatic carbocycles. The summed E-state index contributed by atoms with van der Waals surface area (Å²) in [5.74, 6) is 1.71. The Morgan fingerprint density at radius 1 is 1.23 bits per heavy atom. The Hall–Kier alpha value is -3.09. The van der Waals surface area contributed by atoms with Gasteiger partial charge in [-0.15, -0.1) is 0 Å². The van der Waals surface area contributed by atoms with E-state index in [9.17, 15) is 4.79 Å². The first-order valence-electron chi connectivity index (χ1n) is 8.60. The summed E-state index contributed by atoms with van der Waals surface area (Å²) in [4.78, 5) is 21.1. The van der Waals surface area contributed by atoms with Crippen LogP contribution in [0.25, 0.3) is 5.52 Å². The van der Waals surface area contributed by atoms with Crippen LogP contribution in [0.15, 0.2) is 42.7 Å². The molecule has 26 heavy (non-hydrogen) atoms. The predicted molar refractivity (Wildman–Crippen MR) is 98.3 cm³/mol. The van der Waals surface area contributed by atoms with Crippen LogP contribution in [0.2, 0.25) is 0 Å². The number of nitrogens with zero attached hydrogens (tertiary/aromatic N) is 5. The standard InChI is InChI=1S/C19H21N5O2/c1-14-10-17-19(20-6-7-24(17)21-14)23-9-8-22(18(25)13-23)12-15-4-3-5-16(11-15)26-2/h3-7,10-11H,8-9,12-13H2,1-2H3. The maximum absolute atomic E-state index is 12.7. The SMILES string of the molecule is COc1cccc(CN2CCN(c3nccn4nc(C)cc34)CC2=O)c1. The minimum absolute atomic E-state index is 0.0964. The van der Waals surface area contributed by atoms with Crippen LogP contribution in [-0.4, -0.2) is 52.1 Å². The second-order valence-electron chi connectivity index (χ2n) is 6.45. The zero-order valence-electron chi connectivity index (χ0n) is 14.9. The average Bonchev–Trinajstić information content (AvgIpc) is 3.03. The van der Waals surface area contributed by atoms with Crippen LogP contribution in [0.4, 0.5) is 5.82 Å². The molecule has 1 fully saturated rings. The summed E-state index contributed by atoms with van der Waals surface area (Å²) in [5.41, 5.74) is 2.93. The van der Waals surface area contributed by atoms with Gasteiger partial charge in [0, 0.05) is 32.0 Å². The van der Waals surface area contributed by atoms with E-state index in [-0.39, 0.29) is 5.91 Å². The normalized spacial score (nSPS) is 14.9. The smallest absolute Gasteiger partial charge is 0.242 e. The van der Waals surface area contributed by atoms with Crippen molar-refractivity contribution in [3.8, 4) is 5.75 Å². The number of ether oxygens (including phenoxy) is 1. The number of aryl methyl sites for hydroxylation is 1. The lowest BCUT2D eigenvalue weighted by Crippen LogP contribution is -2.50. The van der Waals surface area contributed by atoms with Gasteiger partial charge in [-0.3, -0.25) is 4.79 Å². The Labute approximate surface area is 151 Å². The van der Waals surface area contributed by atoms with E-state index in [4.69, 9.17) is 4.74 Å². The molecular weight excluding hydrogens is 330 g/mol. The first-order chi connectivity index (χ1) is 12.6. The maximum atomic E-state index is 12.7. The molecule has 0 spiro atoms. The molecule has 1 saturated heterocycles. The summed E-state index contributed by atoms with van der Waals surface area (Å²) >= 11 is 0. The Balaban J connectivity index is 1.50. The Morgan fingerprint density at radius 2 is 2.12 bits per heavy atom. The minimum atomic E-state index is 0.0964. The summed E-state index contributed by atoms with van der Waals surface area (Å²) in [6.07, 6.45) is 3.55. The van der Waals surface area contributed by atoms with Gasteiger partial charge in [-0.25, -0.2) is 9.50 Å². The molecule has 7 heteroatoms. The van der Waals surface area contributed by atoms with E-state index in [1.54, 1.807) is 13.3 Å². The van der Waals surface area contributed by atoms with Gasteiger partial charge < -0.3 is 14.5 Å². The molecule has 134 valence electrons. The monoisotopic (exact) mass is 351 g/mol. The maximum Gasteiger partial charge on any atom is 0.242 e. The molecule has 3 heterocycles. The lowest BCUT2D eigenvalue weighted by molar-refractivity contribution is -0.131. The van der Waals surface area contributed by atoms with Crippen LogP contribution in [0, 0.1) is 6.92 Å². The molecular formula is C19H21N5O2. The van der Waals surface area contributed by atoms with E-state index in [1.807, 2.05) is 57.8 Å². The number of carbonyl (C=O) groups excluding carboxylic acids is 1. The van der Waals surface area contributed by atoms with Crippen LogP contribution in [0.3, 0.4) is 0 Å². The Morgan fingerprint density at radius 3 is 2.92 bits per heavy atom. The summed E-state index contributed by atoms with van der Waals surface area (Å²) < 4.78 is 7.07. The molecule has 4 rings (SSSR count). The van der Waals surface area contributed by atoms with E-state index in [0.29, 0.717) is 19.6 Å². The molecule has 0 unspecified atom stereocenters. The topological polar surface area (TPSA) is 63.0 Å². The number of hydrogen-bond acceptors (Lipinski definition) is 5. The van der Waals surface area contributed by atoms with Crippen LogP contribution >= 0.6 is 0 Å². The van der Waals surface area contributed by atoms with E-state index in [2.05, 4.69) is 10.1 Å². The average molecular weight is 351 g/mol. The zero-order chi connectivity index (χ0) is 18.1. The molecule has 1 aliphatic rings. The van der Waals surface area contributed by atoms with Gasteiger partial charge in [0.1, 0.15) is 11.3 Å². The number of amides is 1. The van der Waals surface area contributed by atoms with Gasteiger partial charge in [0.05, 0.1) is 19.3 Å². The van der Waals surface area contributed by atoms with Gasteiger partial charge in [0.2, 0.25) is 5.91 Å². The van der Waals surface area contributed by atoms with Crippen molar-refractivity contribution in [2.45, 2.75) is 13.5 Å². The third-order valence-corrected chi connectivity index (χ3v) is 4.62. The van der Waals surface area contributed by atoms with Crippen molar-refractivity contribution in [2.24, 2.45) is 0 Å². The summed E-state index contributed by atoms with van der Waals surface area (Å²) in [7, 11) is 1.65. The highest BCUT2D eigenvalue weighted by Crippen LogP contribution is 2.22. The van der Waals surface area contributed by atoms with Gasteiger partial charge in [0.25, 0.3) is 0 Å². The fourth-order valence-corrected chi connectivity index (χ4v) is 3.32. The van der Waals surface area contributed by atoms with Crippen LogP contribution < -0.4 is 9.64 Å². The first-order valence-corrected chi connectivity index (χ1v) is 8.60. The van der Waals surface area contributed by atoms with E-state index >= 15 is 0 Å². The number of aromatic nitrogens is 3. The zero-order valence-corrected chi connectivity index (χ0v) is 14.9. The Bertz CT molecular complexity index is 952. The quantitative estimate of drug-likeness (QED) is 0.718. The largest absolute Gasteiger partial charge is 0.497 e. The van der Waals surface area contributed by atoms with E-state index < -0.39 is 0 Å². The van der Waals surface area contributed by atoms with Crippen molar-refractivity contribution in [3.05, 3.63) is 54.0 Å². The van der Waals surface area contributed by atoms with Crippen LogP contribution in [0.5, 0.6) is 5.75 Å². The molecule has 1 amide bonds. The summed E-state index contributed by atoms with van der Waals surface area (Å²) in [5, 5.41) is 4.42. The minimum Gasteiger partial charge on any atom is -0.497 e. The third kappa shape index (κ3) is 3.08. The highest BCUT2D eigenvalue weighted by Gasteiger charge is 2.26. The second-order valence-corrected chi connectivity index (χ2v) is 6.45. The number of fused-ring (bicyclic) bond motifs is 1. The number of methoxy groups -OCH3 is 1. The fraction of sp³-hybridized carbons (Fsp3) is 0.316. The van der Waals surface area contributed by atoms with Crippen LogP contribution in [-0.2, 0) is 11.3 Å². The fourth-order valence-electron chi connectivity index (χ4n) is 3.32. The van der Waals surface area contributed by atoms with Gasteiger partial charge >= 0.3 is 0 Å². The van der Waals surface area contributed by atoms with Crippen LogP contribution in [0.1, 0.15) is 11.3 Å². The molecule has 7 nitrogen and oxygen atoms in total. The molecule has 3 aromatic rings. The number of benzene rings is 1. The molecule has 1 aromatic carbocycles. The predicted octanol–water partition coefficient (Wildman–Crippen LogP) is 1.90. The lowest BCUT2D eigenvalue weighted by Gasteiger charge is -2.35. The molecule has 0 atom stereocenters. The Kier molecular flexibility index (Phi) is 4.20. The summed E-state index contributed by atoms with van der Waals surface area (Å²) in [6, 6.07) is 9.83. The number of carbonyl (C=O) groups is 1. The second kappa shape index (κ2) is 6.67. The third-order valence-electron chi connectivity index (χ3n) is 4.62. The van der Waals surface area contributed by atoms with Crippen molar-refractivity contribution >= 4 is 17.2 Å². The molecule has 2 aromatic heterocycles. The number of hydrogen-bond donors (Lipinski definition) is 0. The van der Waals surface area contributed by atoms with Crippen molar-refractivity contribution in [1.29, 1.82) is 0 Å². The van der Waals surface area contributed by atoms with Gasteiger partial charge in [0.15, 0.2) is 5.82 Å². The number of rotatable bonds is 4. The van der Waals surface area contributed by atoms with Crippen molar-refractivity contribution in [3.63, 3.8) is 0 Å². The molecule has 0 N–H and O–H groups in total. The van der Waals surface area contributed by atoms with Crippen molar-refractivity contribution < 1.29 is 9.53 Å². The summed E-state index contributed by atoms with van der Waals surface area (Å²) in [6.45, 7) is 4.26. The van der Waals surface area contributed by atoms with Crippen molar-refractivity contribution in [1.82, 2.24) is 19.5 Å². The van der Waals surface area contributed by atoms with E-state index in [1.165, 1.54) is 0 Å². The van der Waals surface area contributed by atoms with Gasteiger partial charge in [-0.1, -0.05) is 12.1 Å². The molecule has 0 saturated carbocycles. The molecule has 1 aliphatic heterocycles. The number of piperazine rings is 1. The van der Waals surface area contributed by atoms with E-state index in [0.717, 1.165) is 34.9 Å². The lowest BCUT2D eigenvalue weighted by atomic mass is 10.2. The molecule has 0 bridgehead atoms. The molecule has 0 radical (unpaired) electrons. The van der Waals surface area contributed by atoms with Gasteiger partial charge in [-0.05, 0) is 30.7 Å². The first kappa shape index (κ1) is 16.4.